The lowest BCUT2D eigenvalue weighted by atomic mass is 9.94. The summed E-state index contributed by atoms with van der Waals surface area (Å²) < 4.78 is 1.98. The highest BCUT2D eigenvalue weighted by atomic mass is 15.3. The smallest absolute Gasteiger partial charge is 0.0597 e. The first-order chi connectivity index (χ1) is 9.67. The first-order valence-corrected chi connectivity index (χ1v) is 7.18. The van der Waals surface area contributed by atoms with Gasteiger partial charge in [0.1, 0.15) is 0 Å². The number of fused-ring (bicyclic) bond motifs is 1. The maximum Gasteiger partial charge on any atom is 0.0597 e. The predicted molar refractivity (Wildman–Crippen MR) is 80.2 cm³/mol. The van der Waals surface area contributed by atoms with Crippen molar-refractivity contribution in [2.24, 2.45) is 12.8 Å². The van der Waals surface area contributed by atoms with Crippen LogP contribution in [0.3, 0.4) is 0 Å². The predicted octanol–water partition coefficient (Wildman–Crippen LogP) is 1.61. The quantitative estimate of drug-likeness (QED) is 0.922. The maximum atomic E-state index is 5.98. The largest absolute Gasteiger partial charge is 0.329 e. The molecule has 1 unspecified atom stereocenters. The number of rotatable bonds is 3. The minimum atomic E-state index is 0.417. The van der Waals surface area contributed by atoms with Gasteiger partial charge in [0.05, 0.1) is 11.4 Å². The van der Waals surface area contributed by atoms with E-state index in [-0.39, 0.29) is 0 Å². The Bertz CT molecular complexity index is 602. The number of aryl methyl sites for hydroxylation is 2. The van der Waals surface area contributed by atoms with Gasteiger partial charge in [0, 0.05) is 32.7 Å². The highest BCUT2D eigenvalue weighted by Crippen LogP contribution is 2.24. The first-order valence-electron chi connectivity index (χ1n) is 7.18. The lowest BCUT2D eigenvalue weighted by molar-refractivity contribution is 0.163. The second-order valence-corrected chi connectivity index (χ2v) is 5.67. The molecule has 4 heteroatoms. The Morgan fingerprint density at radius 1 is 1.30 bits per heavy atom. The van der Waals surface area contributed by atoms with E-state index in [2.05, 4.69) is 40.3 Å². The number of hydrogen-bond donors (Lipinski definition) is 1. The van der Waals surface area contributed by atoms with Gasteiger partial charge in [-0.25, -0.2) is 0 Å². The highest BCUT2D eigenvalue weighted by molar-refractivity contribution is 5.30. The van der Waals surface area contributed by atoms with Crippen LogP contribution in [-0.4, -0.2) is 27.3 Å². The van der Waals surface area contributed by atoms with Crippen LogP contribution in [0.2, 0.25) is 0 Å². The molecule has 20 heavy (non-hydrogen) atoms. The van der Waals surface area contributed by atoms with Crippen molar-refractivity contribution >= 4 is 0 Å². The van der Waals surface area contributed by atoms with Gasteiger partial charge in [0.15, 0.2) is 0 Å². The standard InChI is InChI=1S/C16H22N4/c1-12-7-16(19(2)18-12)11-20-10-14-6-4-3-5-13(14)8-15(20)9-17/h3-7,15H,8-11,17H2,1-2H3. The summed E-state index contributed by atoms with van der Waals surface area (Å²) in [4.78, 5) is 2.47. The van der Waals surface area contributed by atoms with Gasteiger partial charge in [-0.3, -0.25) is 9.58 Å². The fourth-order valence-electron chi connectivity index (χ4n) is 3.08. The Kier molecular flexibility index (Phi) is 3.59. The van der Waals surface area contributed by atoms with Crippen LogP contribution in [0.4, 0.5) is 0 Å². The minimum absolute atomic E-state index is 0.417. The van der Waals surface area contributed by atoms with Crippen LogP contribution in [0.15, 0.2) is 30.3 Å². The fraction of sp³-hybridized carbons (Fsp3) is 0.438. The Morgan fingerprint density at radius 3 is 2.70 bits per heavy atom. The van der Waals surface area contributed by atoms with Gasteiger partial charge < -0.3 is 5.73 Å². The van der Waals surface area contributed by atoms with Crippen LogP contribution < -0.4 is 5.73 Å². The van der Waals surface area contributed by atoms with Gasteiger partial charge in [-0.15, -0.1) is 0 Å². The van der Waals surface area contributed by atoms with Gasteiger partial charge in [0.25, 0.3) is 0 Å². The van der Waals surface area contributed by atoms with Crippen LogP contribution in [0.1, 0.15) is 22.5 Å². The average Bonchev–Trinajstić information content (AvgIpc) is 2.76. The molecule has 2 N–H and O–H groups in total. The minimum Gasteiger partial charge on any atom is -0.329 e. The number of nitrogens with zero attached hydrogens (tertiary/aromatic N) is 3. The monoisotopic (exact) mass is 270 g/mol. The van der Waals surface area contributed by atoms with E-state index in [9.17, 15) is 0 Å². The third-order valence-corrected chi connectivity index (χ3v) is 4.20. The highest BCUT2D eigenvalue weighted by Gasteiger charge is 2.25. The summed E-state index contributed by atoms with van der Waals surface area (Å²) in [7, 11) is 2.01. The SMILES string of the molecule is Cc1cc(CN2Cc3ccccc3CC2CN)n(C)n1. The van der Waals surface area contributed by atoms with E-state index in [4.69, 9.17) is 5.73 Å². The van der Waals surface area contributed by atoms with Crippen LogP contribution in [0, 0.1) is 6.92 Å². The molecule has 0 saturated carbocycles. The molecule has 0 saturated heterocycles. The molecule has 1 aliphatic rings. The first kappa shape index (κ1) is 13.3. The average molecular weight is 270 g/mol. The second-order valence-electron chi connectivity index (χ2n) is 5.67. The summed E-state index contributed by atoms with van der Waals surface area (Å²) >= 11 is 0. The Morgan fingerprint density at radius 2 is 2.05 bits per heavy atom. The van der Waals surface area contributed by atoms with Crippen molar-refractivity contribution in [2.75, 3.05) is 6.54 Å². The topological polar surface area (TPSA) is 47.1 Å². The Hall–Kier alpha value is -1.65. The van der Waals surface area contributed by atoms with E-state index in [1.54, 1.807) is 0 Å². The van der Waals surface area contributed by atoms with Gasteiger partial charge in [-0.2, -0.15) is 5.10 Å². The maximum absolute atomic E-state index is 5.98. The molecule has 0 bridgehead atoms. The summed E-state index contributed by atoms with van der Waals surface area (Å²) in [5.41, 5.74) is 11.2. The normalized spacial score (nSPS) is 19.1. The molecular formula is C16H22N4. The number of hydrogen-bond acceptors (Lipinski definition) is 3. The summed E-state index contributed by atoms with van der Waals surface area (Å²) in [6, 6.07) is 11.3. The van der Waals surface area contributed by atoms with E-state index in [0.717, 1.165) is 25.2 Å². The molecule has 1 aromatic heterocycles. The molecular weight excluding hydrogens is 248 g/mol. The molecule has 2 aromatic rings. The molecule has 3 rings (SSSR count). The number of benzene rings is 1. The zero-order valence-corrected chi connectivity index (χ0v) is 12.2. The van der Waals surface area contributed by atoms with E-state index < -0.39 is 0 Å². The van der Waals surface area contributed by atoms with Crippen LogP contribution in [0.5, 0.6) is 0 Å². The van der Waals surface area contributed by atoms with Crippen molar-refractivity contribution in [3.8, 4) is 0 Å². The van der Waals surface area contributed by atoms with Crippen LogP contribution in [0.25, 0.3) is 0 Å². The Labute approximate surface area is 120 Å². The molecule has 4 nitrogen and oxygen atoms in total. The van der Waals surface area contributed by atoms with Gasteiger partial charge >= 0.3 is 0 Å². The third-order valence-electron chi connectivity index (χ3n) is 4.20. The zero-order chi connectivity index (χ0) is 14.1. The molecule has 0 spiro atoms. The molecule has 1 atom stereocenters. The van der Waals surface area contributed by atoms with Crippen molar-refractivity contribution in [1.29, 1.82) is 0 Å². The lowest BCUT2D eigenvalue weighted by Gasteiger charge is -2.36. The van der Waals surface area contributed by atoms with Crippen molar-refractivity contribution in [3.63, 3.8) is 0 Å². The van der Waals surface area contributed by atoms with E-state index in [1.165, 1.54) is 16.8 Å². The van der Waals surface area contributed by atoms with Crippen molar-refractivity contribution in [3.05, 3.63) is 52.8 Å². The van der Waals surface area contributed by atoms with E-state index >= 15 is 0 Å². The summed E-state index contributed by atoms with van der Waals surface area (Å²) in [6.07, 6.45) is 1.05. The fourth-order valence-corrected chi connectivity index (χ4v) is 3.08. The van der Waals surface area contributed by atoms with Gasteiger partial charge in [-0.1, -0.05) is 24.3 Å². The molecule has 0 amide bonds. The molecule has 2 heterocycles. The number of nitrogens with two attached hydrogens (primary N) is 1. The van der Waals surface area contributed by atoms with Crippen LogP contribution >= 0.6 is 0 Å². The van der Waals surface area contributed by atoms with E-state index in [0.29, 0.717) is 12.6 Å². The van der Waals surface area contributed by atoms with Crippen molar-refractivity contribution in [2.45, 2.75) is 32.5 Å². The molecule has 0 aliphatic carbocycles. The Balaban J connectivity index is 1.84. The third kappa shape index (κ3) is 2.49. The van der Waals surface area contributed by atoms with Crippen LogP contribution in [-0.2, 0) is 26.6 Å². The zero-order valence-electron chi connectivity index (χ0n) is 12.2. The molecule has 1 aliphatic heterocycles. The lowest BCUT2D eigenvalue weighted by Crippen LogP contribution is -2.44. The summed E-state index contributed by atoms with van der Waals surface area (Å²) in [5, 5.41) is 4.43. The van der Waals surface area contributed by atoms with Gasteiger partial charge in [-0.05, 0) is 30.5 Å². The summed E-state index contributed by atoms with van der Waals surface area (Å²) in [6.45, 7) is 4.62. The van der Waals surface area contributed by atoms with Crippen molar-refractivity contribution in [1.82, 2.24) is 14.7 Å². The van der Waals surface area contributed by atoms with Gasteiger partial charge in [0.2, 0.25) is 0 Å². The molecule has 0 radical (unpaired) electrons. The molecule has 106 valence electrons. The molecule has 1 aromatic carbocycles. The second kappa shape index (κ2) is 5.38. The van der Waals surface area contributed by atoms with E-state index in [1.807, 2.05) is 18.7 Å². The van der Waals surface area contributed by atoms with Crippen molar-refractivity contribution < 1.29 is 0 Å². The summed E-state index contributed by atoms with van der Waals surface area (Å²) in [5.74, 6) is 0. The molecule has 0 fully saturated rings. The number of aromatic nitrogens is 2.